The lowest BCUT2D eigenvalue weighted by molar-refractivity contribution is 0.0947. The molecule has 0 aliphatic rings. The maximum Gasteiger partial charge on any atom is 0.251 e. The third kappa shape index (κ3) is 6.24. The molecule has 3 aromatic carbocycles. The van der Waals surface area contributed by atoms with Gasteiger partial charge in [-0.15, -0.1) is 0 Å². The number of sulfonamides is 1. The van der Waals surface area contributed by atoms with Gasteiger partial charge < -0.3 is 10.1 Å². The van der Waals surface area contributed by atoms with Crippen LogP contribution in [-0.4, -0.2) is 33.7 Å². The number of anilines is 1. The van der Waals surface area contributed by atoms with Crippen LogP contribution in [0.2, 0.25) is 5.02 Å². The molecule has 0 aliphatic heterocycles. The quantitative estimate of drug-likeness (QED) is 0.467. The van der Waals surface area contributed by atoms with Gasteiger partial charge in [-0.2, -0.15) is 0 Å². The largest absolute Gasteiger partial charge is 0.491 e. The number of aryl methyl sites for hydroxylation is 1. The van der Waals surface area contributed by atoms with Gasteiger partial charge in [0.15, 0.2) is 0 Å². The molecular formula is C24H25ClN2O4S. The van der Waals surface area contributed by atoms with Crippen LogP contribution in [0.1, 0.15) is 21.5 Å². The average molecular weight is 473 g/mol. The molecule has 0 spiro atoms. The van der Waals surface area contributed by atoms with Crippen LogP contribution in [0.25, 0.3) is 0 Å². The first kappa shape index (κ1) is 23.6. The topological polar surface area (TPSA) is 75.7 Å². The molecule has 0 saturated heterocycles. The smallest absolute Gasteiger partial charge is 0.251 e. The van der Waals surface area contributed by atoms with E-state index in [0.29, 0.717) is 35.0 Å². The second-order valence-corrected chi connectivity index (χ2v) is 9.59. The van der Waals surface area contributed by atoms with Gasteiger partial charge >= 0.3 is 0 Å². The van der Waals surface area contributed by atoms with Gasteiger partial charge in [0.05, 0.1) is 25.0 Å². The molecule has 1 N–H and O–H groups in total. The first-order valence-corrected chi connectivity index (χ1v) is 12.3. The van der Waals surface area contributed by atoms with Crippen molar-refractivity contribution in [3.8, 4) is 5.75 Å². The highest BCUT2D eigenvalue weighted by atomic mass is 35.5. The number of carbonyl (C=O) groups excluding carboxylic acids is 1. The van der Waals surface area contributed by atoms with Gasteiger partial charge in [0.25, 0.3) is 5.91 Å². The van der Waals surface area contributed by atoms with E-state index in [9.17, 15) is 13.2 Å². The number of amides is 1. The molecule has 1 amide bonds. The number of carbonyl (C=O) groups is 1. The number of ether oxygens (including phenoxy) is 1. The summed E-state index contributed by atoms with van der Waals surface area (Å²) in [5, 5.41) is 3.29. The number of halogens is 1. The van der Waals surface area contributed by atoms with E-state index >= 15 is 0 Å². The minimum atomic E-state index is -3.56. The van der Waals surface area contributed by atoms with E-state index in [1.54, 1.807) is 48.5 Å². The number of hydrogen-bond acceptors (Lipinski definition) is 4. The summed E-state index contributed by atoms with van der Waals surface area (Å²) in [5.74, 6) is 0.521. The molecule has 0 heterocycles. The molecule has 0 aliphatic carbocycles. The fraction of sp³-hybridized carbons (Fsp3) is 0.208. The number of rotatable bonds is 9. The summed E-state index contributed by atoms with van der Waals surface area (Å²) in [6.07, 6.45) is 1.14. The van der Waals surface area contributed by atoms with Crippen molar-refractivity contribution in [3.63, 3.8) is 0 Å². The number of hydrogen-bond donors (Lipinski definition) is 1. The van der Waals surface area contributed by atoms with Crippen molar-refractivity contribution in [2.75, 3.05) is 23.7 Å². The normalized spacial score (nSPS) is 11.1. The molecule has 0 radical (unpaired) electrons. The molecule has 32 heavy (non-hydrogen) atoms. The highest BCUT2D eigenvalue weighted by Crippen LogP contribution is 2.24. The monoisotopic (exact) mass is 472 g/mol. The second kappa shape index (κ2) is 10.5. The summed E-state index contributed by atoms with van der Waals surface area (Å²) >= 11 is 6.20. The van der Waals surface area contributed by atoms with Gasteiger partial charge in [0.1, 0.15) is 12.4 Å². The van der Waals surface area contributed by atoms with Crippen LogP contribution in [0.4, 0.5) is 5.69 Å². The molecule has 0 bridgehead atoms. The lowest BCUT2D eigenvalue weighted by Gasteiger charge is -2.23. The van der Waals surface area contributed by atoms with Gasteiger partial charge in [-0.05, 0) is 54.4 Å². The minimum absolute atomic E-state index is 0.0975. The number of benzene rings is 3. The molecule has 8 heteroatoms. The van der Waals surface area contributed by atoms with Gasteiger partial charge in [-0.1, -0.05) is 48.0 Å². The Morgan fingerprint density at radius 3 is 2.31 bits per heavy atom. The van der Waals surface area contributed by atoms with E-state index in [0.717, 1.165) is 17.6 Å². The highest BCUT2D eigenvalue weighted by molar-refractivity contribution is 7.92. The third-order valence-corrected chi connectivity index (χ3v) is 6.34. The van der Waals surface area contributed by atoms with Crippen LogP contribution >= 0.6 is 11.6 Å². The van der Waals surface area contributed by atoms with E-state index in [1.807, 2.05) is 31.2 Å². The van der Waals surface area contributed by atoms with Crippen molar-refractivity contribution in [1.82, 2.24) is 5.32 Å². The maximum atomic E-state index is 12.4. The summed E-state index contributed by atoms with van der Waals surface area (Å²) in [6, 6.07) is 21.2. The van der Waals surface area contributed by atoms with Crippen LogP contribution in [0.3, 0.4) is 0 Å². The predicted octanol–water partition coefficient (Wildman–Crippen LogP) is 4.42. The van der Waals surface area contributed by atoms with Gasteiger partial charge in [0, 0.05) is 10.6 Å². The molecule has 0 unspecified atom stereocenters. The fourth-order valence-corrected chi connectivity index (χ4v) is 4.18. The first-order valence-electron chi connectivity index (χ1n) is 10.0. The lowest BCUT2D eigenvalue weighted by Crippen LogP contribution is -2.30. The zero-order valence-electron chi connectivity index (χ0n) is 17.9. The van der Waals surface area contributed by atoms with Crippen LogP contribution < -0.4 is 14.4 Å². The summed E-state index contributed by atoms with van der Waals surface area (Å²) in [7, 11) is -3.56. The van der Waals surface area contributed by atoms with Crippen molar-refractivity contribution in [2.24, 2.45) is 0 Å². The van der Waals surface area contributed by atoms with E-state index in [-0.39, 0.29) is 12.5 Å². The van der Waals surface area contributed by atoms with Gasteiger partial charge in [-0.3, -0.25) is 9.10 Å². The molecule has 3 rings (SSSR count). The van der Waals surface area contributed by atoms with Gasteiger partial charge in [-0.25, -0.2) is 8.42 Å². The maximum absolute atomic E-state index is 12.4. The molecule has 0 atom stereocenters. The van der Waals surface area contributed by atoms with Crippen molar-refractivity contribution in [2.45, 2.75) is 13.5 Å². The van der Waals surface area contributed by atoms with E-state index in [1.165, 1.54) is 4.31 Å². The number of nitrogens with one attached hydrogen (secondary N) is 1. The van der Waals surface area contributed by atoms with Crippen LogP contribution in [0, 0.1) is 6.92 Å². The van der Waals surface area contributed by atoms with Crippen molar-refractivity contribution in [3.05, 3.63) is 94.5 Å². The fourth-order valence-electron chi connectivity index (χ4n) is 3.11. The summed E-state index contributed by atoms with van der Waals surface area (Å²) < 4.78 is 31.7. The molecule has 3 aromatic rings. The molecule has 0 aromatic heterocycles. The Hall–Kier alpha value is -3.03. The van der Waals surface area contributed by atoms with Gasteiger partial charge in [0.2, 0.25) is 10.0 Å². The van der Waals surface area contributed by atoms with Crippen LogP contribution in [-0.2, 0) is 16.6 Å². The summed E-state index contributed by atoms with van der Waals surface area (Å²) in [6.45, 7) is 2.74. The standard InChI is InChI=1S/C24H25ClN2O4S/c1-18-7-3-6-10-23(18)31-16-15-26-24(28)19-11-13-21(14-12-19)27(32(2,29)30)17-20-8-4-5-9-22(20)25/h3-14H,15-17H2,1-2H3,(H,26,28). The molecule has 6 nitrogen and oxygen atoms in total. The zero-order chi connectivity index (χ0) is 23.1. The molecule has 0 fully saturated rings. The van der Waals surface area contributed by atoms with E-state index in [2.05, 4.69) is 5.32 Å². The van der Waals surface area contributed by atoms with E-state index in [4.69, 9.17) is 16.3 Å². The Bertz CT molecular complexity index is 1180. The van der Waals surface area contributed by atoms with Crippen LogP contribution in [0.5, 0.6) is 5.75 Å². The minimum Gasteiger partial charge on any atom is -0.491 e. The van der Waals surface area contributed by atoms with Crippen LogP contribution in [0.15, 0.2) is 72.8 Å². The number of nitrogens with zero attached hydrogens (tertiary/aromatic N) is 1. The highest BCUT2D eigenvalue weighted by Gasteiger charge is 2.19. The van der Waals surface area contributed by atoms with Crippen molar-refractivity contribution >= 4 is 33.2 Å². The van der Waals surface area contributed by atoms with Crippen molar-refractivity contribution in [1.29, 1.82) is 0 Å². The molecule has 168 valence electrons. The third-order valence-electron chi connectivity index (χ3n) is 4.83. The molecule has 0 saturated carbocycles. The SMILES string of the molecule is Cc1ccccc1OCCNC(=O)c1ccc(N(Cc2ccccc2Cl)S(C)(=O)=O)cc1. The lowest BCUT2D eigenvalue weighted by atomic mass is 10.1. The Balaban J connectivity index is 1.62. The number of para-hydroxylation sites is 1. The first-order chi connectivity index (χ1) is 15.3. The average Bonchev–Trinajstić information content (AvgIpc) is 2.76. The zero-order valence-corrected chi connectivity index (χ0v) is 19.5. The van der Waals surface area contributed by atoms with E-state index < -0.39 is 10.0 Å². The molecular weight excluding hydrogens is 448 g/mol. The summed E-state index contributed by atoms with van der Waals surface area (Å²) in [5.41, 5.74) is 2.60. The van der Waals surface area contributed by atoms with Crippen molar-refractivity contribution < 1.29 is 17.9 Å². The Kier molecular flexibility index (Phi) is 7.77. The predicted molar refractivity (Wildman–Crippen MR) is 128 cm³/mol. The second-order valence-electron chi connectivity index (χ2n) is 7.28. The Morgan fingerprint density at radius 1 is 1.00 bits per heavy atom. The Labute approximate surface area is 193 Å². The Morgan fingerprint density at radius 2 is 1.66 bits per heavy atom. The summed E-state index contributed by atoms with van der Waals surface area (Å²) in [4.78, 5) is 12.4.